The average molecular weight is 234 g/mol. The van der Waals surface area contributed by atoms with Crippen LogP contribution in [0, 0.1) is 5.41 Å². The lowest BCUT2D eigenvalue weighted by Gasteiger charge is -2.34. The van der Waals surface area contributed by atoms with Crippen molar-refractivity contribution in [1.29, 1.82) is 0 Å². The van der Waals surface area contributed by atoms with Crippen molar-refractivity contribution in [3.8, 4) is 0 Å². The minimum absolute atomic E-state index is 0.174. The second-order valence-corrected chi connectivity index (χ2v) is 7.41. The summed E-state index contributed by atoms with van der Waals surface area (Å²) in [4.78, 5) is 0. The summed E-state index contributed by atoms with van der Waals surface area (Å²) in [5.41, 5.74) is 5.62. The topological polar surface area (TPSA) is 63.4 Å². The van der Waals surface area contributed by atoms with Crippen LogP contribution in [0.4, 0.5) is 0 Å². The van der Waals surface area contributed by atoms with Crippen molar-refractivity contribution in [2.45, 2.75) is 46.2 Å². The lowest BCUT2D eigenvalue weighted by atomic mass is 10.0. The van der Waals surface area contributed by atoms with Gasteiger partial charge in [-0.25, -0.2) is 8.42 Å². The molecule has 0 aliphatic carbocycles. The van der Waals surface area contributed by atoms with Crippen LogP contribution in [0.5, 0.6) is 0 Å². The van der Waals surface area contributed by atoms with Gasteiger partial charge in [0.1, 0.15) is 0 Å². The van der Waals surface area contributed by atoms with Crippen LogP contribution in [0.25, 0.3) is 0 Å². The van der Waals surface area contributed by atoms with E-state index in [9.17, 15) is 8.42 Å². The largest absolute Gasteiger partial charge is 0.315 e. The van der Waals surface area contributed by atoms with Crippen molar-refractivity contribution < 1.29 is 8.42 Å². The fraction of sp³-hybridized carbons (Fsp3) is 1.00. The van der Waals surface area contributed by atoms with Crippen molar-refractivity contribution in [2.75, 3.05) is 12.3 Å². The van der Waals surface area contributed by atoms with E-state index in [1.807, 2.05) is 20.8 Å². The van der Waals surface area contributed by atoms with Crippen LogP contribution in [0.1, 0.15) is 40.0 Å². The van der Waals surface area contributed by atoms with Gasteiger partial charge in [-0.15, -0.1) is 0 Å². The zero-order chi connectivity index (χ0) is 11.7. The van der Waals surface area contributed by atoms with Crippen LogP contribution in [0.2, 0.25) is 0 Å². The molecule has 4 nitrogen and oxygen atoms in total. The lowest BCUT2D eigenvalue weighted by Crippen LogP contribution is -2.50. The Morgan fingerprint density at radius 2 is 1.93 bits per heavy atom. The normalized spacial score (nSPS) is 25.5. The SMILES string of the molecule is CC(C)(C)CS(=O)(=O)N1CCCCC1N. The van der Waals surface area contributed by atoms with Crippen LogP contribution in [0.3, 0.4) is 0 Å². The van der Waals surface area contributed by atoms with Gasteiger partial charge in [0.2, 0.25) is 10.0 Å². The molecular weight excluding hydrogens is 212 g/mol. The van der Waals surface area contributed by atoms with Gasteiger partial charge in [0.05, 0.1) is 11.9 Å². The van der Waals surface area contributed by atoms with E-state index in [2.05, 4.69) is 0 Å². The highest BCUT2D eigenvalue weighted by Gasteiger charge is 2.32. The van der Waals surface area contributed by atoms with Gasteiger partial charge < -0.3 is 5.73 Å². The Labute approximate surface area is 92.9 Å². The van der Waals surface area contributed by atoms with E-state index in [4.69, 9.17) is 5.73 Å². The molecule has 1 fully saturated rings. The first-order chi connectivity index (χ1) is 6.72. The van der Waals surface area contributed by atoms with Crippen LogP contribution in [0.15, 0.2) is 0 Å². The van der Waals surface area contributed by atoms with Gasteiger partial charge in [0.15, 0.2) is 0 Å². The third kappa shape index (κ3) is 3.74. The van der Waals surface area contributed by atoms with Crippen molar-refractivity contribution in [1.82, 2.24) is 4.31 Å². The van der Waals surface area contributed by atoms with Crippen LogP contribution >= 0.6 is 0 Å². The Bertz CT molecular complexity index is 306. The van der Waals surface area contributed by atoms with Crippen LogP contribution in [-0.2, 0) is 10.0 Å². The third-order valence-corrected chi connectivity index (χ3v) is 4.87. The number of hydrogen-bond acceptors (Lipinski definition) is 3. The fourth-order valence-corrected chi connectivity index (χ4v) is 4.09. The first-order valence-electron chi connectivity index (χ1n) is 5.47. The second-order valence-electron chi connectivity index (χ2n) is 5.49. The molecule has 0 aromatic rings. The summed E-state index contributed by atoms with van der Waals surface area (Å²) in [5, 5.41) is 0. The molecule has 1 saturated heterocycles. The van der Waals surface area contributed by atoms with E-state index >= 15 is 0 Å². The minimum atomic E-state index is -3.18. The molecule has 5 heteroatoms. The summed E-state index contributed by atoms with van der Waals surface area (Å²) < 4.78 is 25.6. The highest BCUT2D eigenvalue weighted by atomic mass is 32.2. The Balaban J connectivity index is 2.76. The Kier molecular flexibility index (Phi) is 3.79. The van der Waals surface area contributed by atoms with Gasteiger partial charge in [0.25, 0.3) is 0 Å². The van der Waals surface area contributed by atoms with Gasteiger partial charge in [0, 0.05) is 6.54 Å². The summed E-state index contributed by atoms with van der Waals surface area (Å²) in [6.07, 6.45) is 2.43. The first kappa shape index (κ1) is 12.9. The number of sulfonamides is 1. The van der Waals surface area contributed by atoms with E-state index < -0.39 is 10.0 Å². The Morgan fingerprint density at radius 1 is 1.33 bits per heavy atom. The van der Waals surface area contributed by atoms with E-state index in [1.165, 1.54) is 4.31 Å². The molecule has 1 heterocycles. The maximum Gasteiger partial charge on any atom is 0.215 e. The van der Waals surface area contributed by atoms with Gasteiger partial charge in [-0.05, 0) is 24.7 Å². The maximum absolute atomic E-state index is 12.1. The Morgan fingerprint density at radius 3 is 2.40 bits per heavy atom. The zero-order valence-corrected chi connectivity index (χ0v) is 10.7. The molecule has 1 rings (SSSR count). The van der Waals surface area contributed by atoms with E-state index in [0.29, 0.717) is 6.54 Å². The average Bonchev–Trinajstić information content (AvgIpc) is 1.99. The number of nitrogens with zero attached hydrogens (tertiary/aromatic N) is 1. The van der Waals surface area contributed by atoms with Gasteiger partial charge in [-0.3, -0.25) is 0 Å². The maximum atomic E-state index is 12.1. The molecule has 15 heavy (non-hydrogen) atoms. The molecule has 0 saturated carbocycles. The predicted molar refractivity (Wildman–Crippen MR) is 61.8 cm³/mol. The highest BCUT2D eigenvalue weighted by molar-refractivity contribution is 7.89. The summed E-state index contributed by atoms with van der Waals surface area (Å²) >= 11 is 0. The molecule has 0 aromatic heterocycles. The first-order valence-corrected chi connectivity index (χ1v) is 7.08. The molecule has 0 aromatic carbocycles. The molecule has 2 N–H and O–H groups in total. The van der Waals surface area contributed by atoms with Crippen LogP contribution < -0.4 is 5.73 Å². The third-order valence-electron chi connectivity index (χ3n) is 2.47. The fourth-order valence-electron chi connectivity index (χ4n) is 1.91. The molecular formula is C10H22N2O2S. The smallest absolute Gasteiger partial charge is 0.215 e. The summed E-state index contributed by atoms with van der Waals surface area (Å²) in [7, 11) is -3.18. The second kappa shape index (κ2) is 4.39. The van der Waals surface area contributed by atoms with Gasteiger partial charge in [-0.2, -0.15) is 4.31 Å². The number of piperidine rings is 1. The highest BCUT2D eigenvalue weighted by Crippen LogP contribution is 2.23. The predicted octanol–water partition coefficient (Wildman–Crippen LogP) is 1.13. The molecule has 1 aliphatic heterocycles. The van der Waals surface area contributed by atoms with Gasteiger partial charge >= 0.3 is 0 Å². The van der Waals surface area contributed by atoms with Crippen LogP contribution in [-0.4, -0.2) is 31.2 Å². The molecule has 0 bridgehead atoms. The number of nitrogens with two attached hydrogens (primary N) is 1. The number of hydrogen-bond donors (Lipinski definition) is 1. The van der Waals surface area contributed by atoms with Crippen molar-refractivity contribution in [2.24, 2.45) is 11.1 Å². The van der Waals surface area contributed by atoms with E-state index in [1.54, 1.807) is 0 Å². The molecule has 0 spiro atoms. The molecule has 0 amide bonds. The molecule has 1 unspecified atom stereocenters. The molecule has 90 valence electrons. The molecule has 0 radical (unpaired) electrons. The summed E-state index contributed by atoms with van der Waals surface area (Å²) in [6.45, 7) is 6.37. The Hall–Kier alpha value is -0.130. The summed E-state index contributed by atoms with van der Waals surface area (Å²) in [5.74, 6) is 0.174. The quantitative estimate of drug-likeness (QED) is 0.779. The van der Waals surface area contributed by atoms with E-state index in [-0.39, 0.29) is 17.3 Å². The molecule has 1 atom stereocenters. The van der Waals surface area contributed by atoms with Crippen molar-refractivity contribution >= 4 is 10.0 Å². The molecule has 1 aliphatic rings. The standard InChI is InChI=1S/C10H22N2O2S/c1-10(2,3)8-15(13,14)12-7-5-4-6-9(12)11/h9H,4-8,11H2,1-3H3. The van der Waals surface area contributed by atoms with E-state index in [0.717, 1.165) is 19.3 Å². The number of rotatable bonds is 2. The zero-order valence-electron chi connectivity index (χ0n) is 9.86. The lowest BCUT2D eigenvalue weighted by molar-refractivity contribution is 0.254. The van der Waals surface area contributed by atoms with Gasteiger partial charge in [-0.1, -0.05) is 20.8 Å². The minimum Gasteiger partial charge on any atom is -0.315 e. The van der Waals surface area contributed by atoms with Crippen molar-refractivity contribution in [3.05, 3.63) is 0 Å². The monoisotopic (exact) mass is 234 g/mol. The van der Waals surface area contributed by atoms with Crippen molar-refractivity contribution in [3.63, 3.8) is 0 Å². The summed E-state index contributed by atoms with van der Waals surface area (Å²) in [6, 6.07) is 0.